The molecule has 0 spiro atoms. The van der Waals surface area contributed by atoms with Gasteiger partial charge in [-0.3, -0.25) is 4.79 Å². The Labute approximate surface area is 166 Å². The van der Waals surface area contributed by atoms with Crippen molar-refractivity contribution in [3.63, 3.8) is 0 Å². The minimum absolute atomic E-state index is 0.0136. The maximum absolute atomic E-state index is 13.8. The average Bonchev–Trinajstić information content (AvgIpc) is 2.65. The van der Waals surface area contributed by atoms with Crippen LogP contribution in [0.25, 0.3) is 16.6 Å². The summed E-state index contributed by atoms with van der Waals surface area (Å²) in [7, 11) is 0. The van der Waals surface area contributed by atoms with Crippen molar-refractivity contribution in [3.8, 4) is 22.8 Å². The molecule has 0 atom stereocenters. The van der Waals surface area contributed by atoms with Crippen LogP contribution in [0.4, 0.5) is 8.78 Å². The number of hydrogen-bond acceptors (Lipinski definition) is 4. The van der Waals surface area contributed by atoms with Crippen molar-refractivity contribution in [2.45, 2.75) is 0 Å². The SMILES string of the molecule is O=c1ncn2nc(Oc3ccc(F)cc3F)ccc2c1-c1c(Cl)cccc1Cl. The molecule has 0 aliphatic rings. The third-order valence-electron chi connectivity index (χ3n) is 3.91. The largest absolute Gasteiger partial charge is 0.434 e. The fourth-order valence-electron chi connectivity index (χ4n) is 2.68. The normalized spacial score (nSPS) is 11.0. The molecule has 2 aromatic heterocycles. The van der Waals surface area contributed by atoms with E-state index in [-0.39, 0.29) is 27.2 Å². The van der Waals surface area contributed by atoms with Crippen LogP contribution in [-0.2, 0) is 0 Å². The summed E-state index contributed by atoms with van der Waals surface area (Å²) >= 11 is 12.5. The first-order valence-corrected chi connectivity index (χ1v) is 8.65. The molecule has 0 aliphatic heterocycles. The summed E-state index contributed by atoms with van der Waals surface area (Å²) < 4.78 is 33.5. The van der Waals surface area contributed by atoms with Crippen molar-refractivity contribution in [2.75, 3.05) is 0 Å². The van der Waals surface area contributed by atoms with Gasteiger partial charge in [0.05, 0.1) is 21.1 Å². The predicted molar refractivity (Wildman–Crippen MR) is 101 cm³/mol. The molecule has 0 N–H and O–H groups in total. The first-order chi connectivity index (χ1) is 13.4. The van der Waals surface area contributed by atoms with E-state index < -0.39 is 17.2 Å². The maximum Gasteiger partial charge on any atom is 0.281 e. The minimum atomic E-state index is -0.872. The van der Waals surface area contributed by atoms with Crippen LogP contribution in [0.1, 0.15) is 0 Å². The second kappa shape index (κ2) is 7.18. The molecule has 2 aromatic carbocycles. The van der Waals surface area contributed by atoms with E-state index in [9.17, 15) is 13.6 Å². The van der Waals surface area contributed by atoms with Crippen LogP contribution in [0.2, 0.25) is 10.0 Å². The number of fused-ring (bicyclic) bond motifs is 1. The Balaban J connectivity index is 1.84. The van der Waals surface area contributed by atoms with Gasteiger partial charge in [-0.2, -0.15) is 4.98 Å². The van der Waals surface area contributed by atoms with Gasteiger partial charge < -0.3 is 4.74 Å². The van der Waals surface area contributed by atoms with E-state index in [1.54, 1.807) is 24.3 Å². The van der Waals surface area contributed by atoms with Gasteiger partial charge in [-0.15, -0.1) is 5.10 Å². The summed E-state index contributed by atoms with van der Waals surface area (Å²) in [5.74, 6) is -1.78. The number of hydrogen-bond donors (Lipinski definition) is 0. The monoisotopic (exact) mass is 419 g/mol. The standard InChI is InChI=1S/C19H9Cl2F2N3O2/c20-11-2-1-3-12(21)17(11)18-14-5-7-16(25-26(14)9-24-19(18)27)28-15-6-4-10(22)8-13(15)23/h1-9H. The molecule has 5 nitrogen and oxygen atoms in total. The molecule has 0 amide bonds. The van der Waals surface area contributed by atoms with Gasteiger partial charge in [-0.05, 0) is 30.3 Å². The zero-order valence-electron chi connectivity index (χ0n) is 13.9. The van der Waals surface area contributed by atoms with Crippen LogP contribution < -0.4 is 10.3 Å². The highest BCUT2D eigenvalue weighted by Gasteiger charge is 2.17. The zero-order chi connectivity index (χ0) is 19.8. The third kappa shape index (κ3) is 3.30. The van der Waals surface area contributed by atoms with Gasteiger partial charge in [0.2, 0.25) is 5.88 Å². The summed E-state index contributed by atoms with van der Waals surface area (Å²) in [6, 6.07) is 10.8. The predicted octanol–water partition coefficient (Wildman–Crippen LogP) is 5.13. The molecule has 0 saturated heterocycles. The zero-order valence-corrected chi connectivity index (χ0v) is 15.4. The van der Waals surface area contributed by atoms with Crippen molar-refractivity contribution in [1.82, 2.24) is 14.6 Å². The van der Waals surface area contributed by atoms with E-state index in [2.05, 4.69) is 10.1 Å². The number of halogens is 4. The molecule has 9 heteroatoms. The van der Waals surface area contributed by atoms with E-state index in [1.165, 1.54) is 16.9 Å². The molecule has 0 bridgehead atoms. The number of nitrogens with zero attached hydrogens (tertiary/aromatic N) is 3. The first kappa shape index (κ1) is 18.3. The van der Waals surface area contributed by atoms with Crippen molar-refractivity contribution in [1.29, 1.82) is 0 Å². The first-order valence-electron chi connectivity index (χ1n) is 7.90. The molecule has 4 aromatic rings. The minimum Gasteiger partial charge on any atom is -0.434 e. The van der Waals surface area contributed by atoms with Gasteiger partial charge in [0.25, 0.3) is 5.56 Å². The van der Waals surface area contributed by atoms with E-state index in [0.29, 0.717) is 17.1 Å². The average molecular weight is 420 g/mol. The Kier molecular flexibility index (Phi) is 4.70. The smallest absolute Gasteiger partial charge is 0.281 e. The van der Waals surface area contributed by atoms with Crippen LogP contribution in [0.5, 0.6) is 11.6 Å². The van der Waals surface area contributed by atoms with E-state index in [0.717, 1.165) is 12.1 Å². The lowest BCUT2D eigenvalue weighted by Gasteiger charge is -2.11. The van der Waals surface area contributed by atoms with Crippen molar-refractivity contribution in [2.24, 2.45) is 0 Å². The van der Waals surface area contributed by atoms with Gasteiger partial charge >= 0.3 is 0 Å². The highest BCUT2D eigenvalue weighted by molar-refractivity contribution is 6.39. The molecular weight excluding hydrogens is 411 g/mol. The Morgan fingerprint density at radius 1 is 0.964 bits per heavy atom. The van der Waals surface area contributed by atoms with Crippen LogP contribution in [0.3, 0.4) is 0 Å². The second-order valence-corrected chi connectivity index (χ2v) is 6.51. The van der Waals surface area contributed by atoms with Crippen molar-refractivity contribution >= 4 is 28.7 Å². The molecule has 0 fully saturated rings. The molecule has 2 heterocycles. The summed E-state index contributed by atoms with van der Waals surface area (Å²) in [5, 5.41) is 4.74. The topological polar surface area (TPSA) is 56.5 Å². The van der Waals surface area contributed by atoms with Gasteiger partial charge in [0.1, 0.15) is 12.1 Å². The van der Waals surface area contributed by atoms with Gasteiger partial charge in [-0.1, -0.05) is 29.3 Å². The molecule has 0 aliphatic carbocycles. The Bertz CT molecular complexity index is 1260. The fraction of sp³-hybridized carbons (Fsp3) is 0. The molecule has 0 radical (unpaired) electrons. The Morgan fingerprint density at radius 3 is 2.43 bits per heavy atom. The van der Waals surface area contributed by atoms with E-state index >= 15 is 0 Å². The molecular formula is C19H9Cl2F2N3O2. The number of aromatic nitrogens is 3. The molecule has 0 saturated carbocycles. The van der Waals surface area contributed by atoms with Crippen LogP contribution in [0, 0.1) is 11.6 Å². The third-order valence-corrected chi connectivity index (χ3v) is 4.54. The Morgan fingerprint density at radius 2 is 1.71 bits per heavy atom. The molecule has 0 unspecified atom stereocenters. The lowest BCUT2D eigenvalue weighted by atomic mass is 10.1. The van der Waals surface area contributed by atoms with E-state index in [4.69, 9.17) is 27.9 Å². The molecule has 4 rings (SSSR count). The maximum atomic E-state index is 13.8. The molecule has 28 heavy (non-hydrogen) atoms. The second-order valence-electron chi connectivity index (χ2n) is 5.70. The molecule has 140 valence electrons. The lowest BCUT2D eigenvalue weighted by molar-refractivity contribution is 0.416. The van der Waals surface area contributed by atoms with Gasteiger partial charge in [0.15, 0.2) is 11.6 Å². The summed E-state index contributed by atoms with van der Waals surface area (Å²) in [6.45, 7) is 0. The summed E-state index contributed by atoms with van der Waals surface area (Å²) in [5.41, 5.74) is 0.351. The summed E-state index contributed by atoms with van der Waals surface area (Å²) in [6.07, 6.45) is 1.19. The van der Waals surface area contributed by atoms with Gasteiger partial charge in [-0.25, -0.2) is 13.3 Å². The van der Waals surface area contributed by atoms with Crippen LogP contribution >= 0.6 is 23.2 Å². The van der Waals surface area contributed by atoms with Crippen LogP contribution in [-0.4, -0.2) is 14.6 Å². The highest BCUT2D eigenvalue weighted by atomic mass is 35.5. The van der Waals surface area contributed by atoms with Crippen molar-refractivity contribution in [3.05, 3.63) is 86.9 Å². The van der Waals surface area contributed by atoms with Crippen LogP contribution in [0.15, 0.2) is 59.7 Å². The van der Waals surface area contributed by atoms with E-state index in [1.807, 2.05) is 0 Å². The van der Waals surface area contributed by atoms with Crippen molar-refractivity contribution < 1.29 is 13.5 Å². The summed E-state index contributed by atoms with van der Waals surface area (Å²) in [4.78, 5) is 16.2. The number of benzene rings is 2. The van der Waals surface area contributed by atoms with Gasteiger partial charge in [0, 0.05) is 17.7 Å². The lowest BCUT2D eigenvalue weighted by Crippen LogP contribution is -2.14. The number of rotatable bonds is 3. The Hall–Kier alpha value is -3.03. The fourth-order valence-corrected chi connectivity index (χ4v) is 3.27. The quantitative estimate of drug-likeness (QED) is 0.461. The highest BCUT2D eigenvalue weighted by Crippen LogP contribution is 2.35. The number of ether oxygens (including phenoxy) is 1.